The van der Waals surface area contributed by atoms with Crippen molar-refractivity contribution < 1.29 is 19.1 Å². The third kappa shape index (κ3) is 4.63. The van der Waals surface area contributed by atoms with Gasteiger partial charge < -0.3 is 19.7 Å². The molecule has 2 aromatic rings. The van der Waals surface area contributed by atoms with Crippen LogP contribution in [0.4, 0.5) is 11.4 Å². The maximum absolute atomic E-state index is 12.7. The fourth-order valence-corrected chi connectivity index (χ4v) is 3.13. The molecule has 1 saturated heterocycles. The van der Waals surface area contributed by atoms with Crippen molar-refractivity contribution in [2.24, 2.45) is 0 Å². The molecule has 6 nitrogen and oxygen atoms in total. The molecule has 148 valence electrons. The Morgan fingerprint density at radius 3 is 2.75 bits per heavy atom. The third-order valence-corrected chi connectivity index (χ3v) is 4.67. The molecule has 6 heteroatoms. The van der Waals surface area contributed by atoms with Crippen LogP contribution in [-0.2, 0) is 4.79 Å². The maximum atomic E-state index is 12.7. The highest BCUT2D eigenvalue weighted by atomic mass is 16.5. The van der Waals surface area contributed by atoms with E-state index in [0.717, 1.165) is 24.9 Å². The van der Waals surface area contributed by atoms with Crippen molar-refractivity contribution in [2.45, 2.75) is 32.6 Å². The molecule has 1 aliphatic heterocycles. The molecule has 0 atom stereocenters. The van der Waals surface area contributed by atoms with Gasteiger partial charge in [0.2, 0.25) is 5.91 Å². The summed E-state index contributed by atoms with van der Waals surface area (Å²) in [6.45, 7) is 3.43. The molecule has 1 N–H and O–H groups in total. The molecule has 1 heterocycles. The molecule has 0 radical (unpaired) electrons. The van der Waals surface area contributed by atoms with Crippen molar-refractivity contribution in [3.8, 4) is 11.5 Å². The normalized spacial score (nSPS) is 13.5. The number of nitrogens with zero attached hydrogens (tertiary/aromatic N) is 1. The van der Waals surface area contributed by atoms with E-state index in [4.69, 9.17) is 9.47 Å². The molecular weight excluding hydrogens is 356 g/mol. The quantitative estimate of drug-likeness (QED) is 0.693. The zero-order valence-electron chi connectivity index (χ0n) is 16.4. The van der Waals surface area contributed by atoms with E-state index >= 15 is 0 Å². The van der Waals surface area contributed by atoms with Crippen LogP contribution in [0.15, 0.2) is 42.5 Å². The van der Waals surface area contributed by atoms with Gasteiger partial charge in [0.05, 0.1) is 13.7 Å². The zero-order chi connectivity index (χ0) is 19.9. The topological polar surface area (TPSA) is 67.9 Å². The SMILES string of the molecule is CCCCOc1ccc(C(=O)Nc2cccc(N3CCCC3=O)c2)cc1OC. The van der Waals surface area contributed by atoms with Gasteiger partial charge in [0.15, 0.2) is 11.5 Å². The van der Waals surface area contributed by atoms with Gasteiger partial charge in [-0.3, -0.25) is 9.59 Å². The van der Waals surface area contributed by atoms with Crippen LogP contribution in [0.5, 0.6) is 11.5 Å². The molecular formula is C22H26N2O4. The van der Waals surface area contributed by atoms with E-state index in [1.54, 1.807) is 36.3 Å². The molecule has 0 saturated carbocycles. The van der Waals surface area contributed by atoms with Crippen molar-refractivity contribution >= 4 is 23.2 Å². The van der Waals surface area contributed by atoms with Gasteiger partial charge in [-0.1, -0.05) is 19.4 Å². The van der Waals surface area contributed by atoms with Crippen LogP contribution < -0.4 is 19.7 Å². The van der Waals surface area contributed by atoms with Crippen LogP contribution in [0, 0.1) is 0 Å². The first-order chi connectivity index (χ1) is 13.6. The average Bonchev–Trinajstić information content (AvgIpc) is 3.14. The number of carbonyl (C=O) groups excluding carboxylic acids is 2. The summed E-state index contributed by atoms with van der Waals surface area (Å²) in [5, 5.41) is 2.89. The van der Waals surface area contributed by atoms with Crippen LogP contribution >= 0.6 is 0 Å². The van der Waals surface area contributed by atoms with E-state index in [0.29, 0.717) is 42.3 Å². The van der Waals surface area contributed by atoms with E-state index in [1.165, 1.54) is 0 Å². The summed E-state index contributed by atoms with van der Waals surface area (Å²) < 4.78 is 11.1. The van der Waals surface area contributed by atoms with E-state index < -0.39 is 0 Å². The van der Waals surface area contributed by atoms with E-state index in [-0.39, 0.29) is 11.8 Å². The van der Waals surface area contributed by atoms with Gasteiger partial charge in [-0.05, 0) is 49.2 Å². The van der Waals surface area contributed by atoms with Gasteiger partial charge in [0.25, 0.3) is 5.91 Å². The number of hydrogen-bond acceptors (Lipinski definition) is 4. The minimum absolute atomic E-state index is 0.117. The first-order valence-corrected chi connectivity index (χ1v) is 9.65. The Morgan fingerprint density at radius 1 is 1.18 bits per heavy atom. The first-order valence-electron chi connectivity index (χ1n) is 9.65. The monoisotopic (exact) mass is 382 g/mol. The third-order valence-electron chi connectivity index (χ3n) is 4.67. The van der Waals surface area contributed by atoms with Crippen molar-refractivity contribution in [1.82, 2.24) is 0 Å². The molecule has 0 aromatic heterocycles. The van der Waals surface area contributed by atoms with Gasteiger partial charge in [-0.2, -0.15) is 0 Å². The predicted octanol–water partition coefficient (Wildman–Crippen LogP) is 4.25. The molecule has 2 amide bonds. The molecule has 3 rings (SSSR count). The fourth-order valence-electron chi connectivity index (χ4n) is 3.13. The average molecular weight is 382 g/mol. The van der Waals surface area contributed by atoms with Crippen molar-refractivity contribution in [3.05, 3.63) is 48.0 Å². The molecule has 0 bridgehead atoms. The summed E-state index contributed by atoms with van der Waals surface area (Å²) in [4.78, 5) is 26.4. The van der Waals surface area contributed by atoms with E-state index in [2.05, 4.69) is 12.2 Å². The van der Waals surface area contributed by atoms with Crippen LogP contribution in [-0.4, -0.2) is 32.1 Å². The second kappa shape index (κ2) is 9.26. The number of benzene rings is 2. The lowest BCUT2D eigenvalue weighted by Crippen LogP contribution is -2.23. The first kappa shape index (κ1) is 19.7. The van der Waals surface area contributed by atoms with Crippen LogP contribution in [0.2, 0.25) is 0 Å². The second-order valence-electron chi connectivity index (χ2n) is 6.72. The van der Waals surface area contributed by atoms with E-state index in [1.807, 2.05) is 18.2 Å². The number of unbranched alkanes of at least 4 members (excludes halogenated alkanes) is 1. The number of hydrogen-bond donors (Lipinski definition) is 1. The summed E-state index contributed by atoms with van der Waals surface area (Å²) >= 11 is 0. The minimum Gasteiger partial charge on any atom is -0.493 e. The molecule has 28 heavy (non-hydrogen) atoms. The van der Waals surface area contributed by atoms with Gasteiger partial charge in [-0.15, -0.1) is 0 Å². The number of nitrogens with one attached hydrogen (secondary N) is 1. The number of amides is 2. The molecule has 2 aromatic carbocycles. The summed E-state index contributed by atoms with van der Waals surface area (Å²) in [6.07, 6.45) is 3.44. The summed E-state index contributed by atoms with van der Waals surface area (Å²) in [6, 6.07) is 12.5. The summed E-state index contributed by atoms with van der Waals surface area (Å²) in [5.41, 5.74) is 1.92. The molecule has 0 spiro atoms. The van der Waals surface area contributed by atoms with Gasteiger partial charge >= 0.3 is 0 Å². The number of ether oxygens (including phenoxy) is 2. The lowest BCUT2D eigenvalue weighted by Gasteiger charge is -2.17. The fraction of sp³-hybridized carbons (Fsp3) is 0.364. The number of anilines is 2. The van der Waals surface area contributed by atoms with Crippen LogP contribution in [0.25, 0.3) is 0 Å². The lowest BCUT2D eigenvalue weighted by molar-refractivity contribution is -0.117. The molecule has 1 fully saturated rings. The number of rotatable bonds is 8. The Bertz CT molecular complexity index is 850. The standard InChI is InChI=1S/C22H26N2O4/c1-3-4-13-28-19-11-10-16(14-20(19)27-2)22(26)23-17-7-5-8-18(15-17)24-12-6-9-21(24)25/h5,7-8,10-11,14-15H,3-4,6,9,12-13H2,1-2H3,(H,23,26). The van der Waals surface area contributed by atoms with E-state index in [9.17, 15) is 9.59 Å². The highest BCUT2D eigenvalue weighted by Gasteiger charge is 2.22. The summed E-state index contributed by atoms with van der Waals surface area (Å²) in [5.74, 6) is 1.03. The van der Waals surface area contributed by atoms with Crippen molar-refractivity contribution in [3.63, 3.8) is 0 Å². The molecule has 0 unspecified atom stereocenters. The Balaban J connectivity index is 1.71. The second-order valence-corrected chi connectivity index (χ2v) is 6.72. The van der Waals surface area contributed by atoms with Gasteiger partial charge in [-0.25, -0.2) is 0 Å². The minimum atomic E-state index is -0.247. The van der Waals surface area contributed by atoms with Crippen LogP contribution in [0.3, 0.4) is 0 Å². The zero-order valence-corrected chi connectivity index (χ0v) is 16.4. The van der Waals surface area contributed by atoms with Crippen LogP contribution in [0.1, 0.15) is 43.0 Å². The predicted molar refractivity (Wildman–Crippen MR) is 109 cm³/mol. The van der Waals surface area contributed by atoms with Crippen molar-refractivity contribution in [1.29, 1.82) is 0 Å². The van der Waals surface area contributed by atoms with Crippen molar-refractivity contribution in [2.75, 3.05) is 30.5 Å². The highest BCUT2D eigenvalue weighted by Crippen LogP contribution is 2.29. The maximum Gasteiger partial charge on any atom is 0.255 e. The molecule has 1 aliphatic rings. The summed E-state index contributed by atoms with van der Waals surface area (Å²) in [7, 11) is 1.56. The van der Waals surface area contributed by atoms with Gasteiger partial charge in [0, 0.05) is 29.9 Å². The largest absolute Gasteiger partial charge is 0.493 e. The molecule has 0 aliphatic carbocycles. The number of carbonyl (C=O) groups is 2. The Kier molecular flexibility index (Phi) is 6.53. The Labute approximate surface area is 165 Å². The number of methoxy groups -OCH3 is 1. The lowest BCUT2D eigenvalue weighted by atomic mass is 10.1. The smallest absolute Gasteiger partial charge is 0.255 e. The highest BCUT2D eigenvalue weighted by molar-refractivity contribution is 6.05. The Hall–Kier alpha value is -3.02. The van der Waals surface area contributed by atoms with Gasteiger partial charge in [0.1, 0.15) is 0 Å². The Morgan fingerprint density at radius 2 is 2.04 bits per heavy atom.